The first-order chi connectivity index (χ1) is 5.16. The Morgan fingerprint density at radius 3 is 2.36 bits per heavy atom. The molecule has 3 aliphatic carbocycles. The minimum atomic E-state index is 0.707. The van der Waals surface area contributed by atoms with Gasteiger partial charge in [0.15, 0.2) is 0 Å². The van der Waals surface area contributed by atoms with Crippen molar-refractivity contribution in [3.63, 3.8) is 0 Å². The fourth-order valence-electron chi connectivity index (χ4n) is 3.45. The van der Waals surface area contributed by atoms with E-state index in [1.54, 1.807) is 6.42 Å². The third-order valence-electron chi connectivity index (χ3n) is 4.53. The molecule has 2 unspecified atom stereocenters. The SMILES string of the molecule is CCC1CCC2C[C@H]1C2(C)C. The van der Waals surface area contributed by atoms with Crippen LogP contribution < -0.4 is 0 Å². The van der Waals surface area contributed by atoms with Crippen molar-refractivity contribution in [1.29, 1.82) is 0 Å². The maximum absolute atomic E-state index is 2.48. The molecule has 3 rings (SSSR count). The van der Waals surface area contributed by atoms with E-state index in [4.69, 9.17) is 0 Å². The summed E-state index contributed by atoms with van der Waals surface area (Å²) in [6, 6.07) is 0. The molecule has 0 aromatic carbocycles. The van der Waals surface area contributed by atoms with Gasteiger partial charge in [0.2, 0.25) is 0 Å². The second kappa shape index (κ2) is 2.24. The molecule has 0 aromatic rings. The molecule has 0 aliphatic heterocycles. The van der Waals surface area contributed by atoms with Crippen molar-refractivity contribution in [2.45, 2.75) is 46.5 Å². The van der Waals surface area contributed by atoms with E-state index in [2.05, 4.69) is 20.8 Å². The zero-order chi connectivity index (χ0) is 8.06. The summed E-state index contributed by atoms with van der Waals surface area (Å²) in [6.07, 6.45) is 6.00. The third-order valence-corrected chi connectivity index (χ3v) is 4.53. The first-order valence-corrected chi connectivity index (χ1v) is 5.16. The Labute approximate surface area is 70.4 Å². The van der Waals surface area contributed by atoms with Gasteiger partial charge < -0.3 is 0 Å². The van der Waals surface area contributed by atoms with Crippen molar-refractivity contribution in [3.05, 3.63) is 0 Å². The van der Waals surface area contributed by atoms with E-state index < -0.39 is 0 Å². The van der Waals surface area contributed by atoms with Gasteiger partial charge in [-0.15, -0.1) is 0 Å². The molecule has 0 radical (unpaired) electrons. The molecule has 11 heavy (non-hydrogen) atoms. The molecule has 0 saturated heterocycles. The smallest absolute Gasteiger partial charge is 0.0295 e. The predicted octanol–water partition coefficient (Wildman–Crippen LogP) is 3.47. The van der Waals surface area contributed by atoms with Gasteiger partial charge in [0, 0.05) is 0 Å². The average Bonchev–Trinajstić information content (AvgIpc) is 2.04. The molecule has 3 fully saturated rings. The molecule has 0 nitrogen and oxygen atoms in total. The Morgan fingerprint density at radius 2 is 2.00 bits per heavy atom. The molecule has 3 atom stereocenters. The fourth-order valence-corrected chi connectivity index (χ4v) is 3.45. The summed E-state index contributed by atoms with van der Waals surface area (Å²) < 4.78 is 0. The molecule has 0 aromatic heterocycles. The van der Waals surface area contributed by atoms with Gasteiger partial charge in [0.1, 0.15) is 0 Å². The van der Waals surface area contributed by atoms with E-state index in [0.29, 0.717) is 5.41 Å². The van der Waals surface area contributed by atoms with Gasteiger partial charge in [-0.2, -0.15) is 0 Å². The van der Waals surface area contributed by atoms with E-state index in [-0.39, 0.29) is 0 Å². The van der Waals surface area contributed by atoms with E-state index in [9.17, 15) is 0 Å². The normalized spacial score (nSPS) is 46.6. The van der Waals surface area contributed by atoms with Gasteiger partial charge in [-0.05, 0) is 42.4 Å². The number of hydrogen-bond donors (Lipinski definition) is 0. The topological polar surface area (TPSA) is 0 Å². The van der Waals surface area contributed by atoms with Crippen molar-refractivity contribution in [3.8, 4) is 0 Å². The van der Waals surface area contributed by atoms with Gasteiger partial charge >= 0.3 is 0 Å². The maximum Gasteiger partial charge on any atom is -0.0295 e. The minimum absolute atomic E-state index is 0.707. The predicted molar refractivity (Wildman–Crippen MR) is 48.4 cm³/mol. The minimum Gasteiger partial charge on any atom is -0.0651 e. The monoisotopic (exact) mass is 152 g/mol. The van der Waals surface area contributed by atoms with E-state index in [0.717, 1.165) is 17.8 Å². The van der Waals surface area contributed by atoms with Crippen LogP contribution in [0.5, 0.6) is 0 Å². The molecule has 2 bridgehead atoms. The van der Waals surface area contributed by atoms with Gasteiger partial charge in [0.05, 0.1) is 0 Å². The van der Waals surface area contributed by atoms with E-state index in [1.165, 1.54) is 19.3 Å². The van der Waals surface area contributed by atoms with Crippen LogP contribution in [-0.4, -0.2) is 0 Å². The van der Waals surface area contributed by atoms with Gasteiger partial charge in [-0.25, -0.2) is 0 Å². The summed E-state index contributed by atoms with van der Waals surface area (Å²) in [7, 11) is 0. The van der Waals surface area contributed by atoms with Crippen LogP contribution in [0.3, 0.4) is 0 Å². The third kappa shape index (κ3) is 0.878. The highest BCUT2D eigenvalue weighted by Gasteiger charge is 2.53. The van der Waals surface area contributed by atoms with Crippen molar-refractivity contribution in [2.75, 3.05) is 0 Å². The molecule has 0 amide bonds. The molecule has 0 heterocycles. The van der Waals surface area contributed by atoms with Crippen LogP contribution in [0.2, 0.25) is 0 Å². The first-order valence-electron chi connectivity index (χ1n) is 5.16. The number of hydrogen-bond acceptors (Lipinski definition) is 0. The van der Waals surface area contributed by atoms with Crippen LogP contribution in [0.4, 0.5) is 0 Å². The Morgan fingerprint density at radius 1 is 1.27 bits per heavy atom. The summed E-state index contributed by atoms with van der Waals surface area (Å²) in [5, 5.41) is 0. The Hall–Kier alpha value is 0. The lowest BCUT2D eigenvalue weighted by molar-refractivity contribution is -0.105. The molecule has 0 N–H and O–H groups in total. The zero-order valence-corrected chi connectivity index (χ0v) is 8.06. The standard InChI is InChI=1S/C11H20/c1-4-8-5-6-9-7-10(8)11(9,2)3/h8-10H,4-7H2,1-3H3/t8?,9?,10-/m1/s1. The van der Waals surface area contributed by atoms with Crippen LogP contribution in [0.25, 0.3) is 0 Å². The second-order valence-electron chi connectivity index (χ2n) is 5.11. The summed E-state index contributed by atoms with van der Waals surface area (Å²) in [5.74, 6) is 3.22. The number of rotatable bonds is 1. The van der Waals surface area contributed by atoms with Gasteiger partial charge in [0.25, 0.3) is 0 Å². The highest BCUT2D eigenvalue weighted by Crippen LogP contribution is 2.61. The van der Waals surface area contributed by atoms with Crippen LogP contribution in [0.1, 0.15) is 46.5 Å². The lowest BCUT2D eigenvalue weighted by Crippen LogP contribution is -2.52. The summed E-state index contributed by atoms with van der Waals surface area (Å²) >= 11 is 0. The molecule has 0 spiro atoms. The fraction of sp³-hybridized carbons (Fsp3) is 1.00. The molecular formula is C11H20. The zero-order valence-electron chi connectivity index (χ0n) is 8.06. The quantitative estimate of drug-likeness (QED) is 0.539. The maximum atomic E-state index is 2.48. The van der Waals surface area contributed by atoms with Crippen LogP contribution >= 0.6 is 0 Å². The largest absolute Gasteiger partial charge is 0.0651 e. The molecule has 3 aliphatic rings. The van der Waals surface area contributed by atoms with Crippen molar-refractivity contribution >= 4 is 0 Å². The van der Waals surface area contributed by atoms with E-state index in [1.807, 2.05) is 0 Å². The second-order valence-corrected chi connectivity index (χ2v) is 5.11. The lowest BCUT2D eigenvalue weighted by atomic mass is 9.45. The van der Waals surface area contributed by atoms with Crippen LogP contribution in [0.15, 0.2) is 0 Å². The van der Waals surface area contributed by atoms with E-state index >= 15 is 0 Å². The molecule has 3 saturated carbocycles. The highest BCUT2D eigenvalue weighted by molar-refractivity contribution is 5.02. The summed E-state index contributed by atoms with van der Waals surface area (Å²) in [6.45, 7) is 7.32. The van der Waals surface area contributed by atoms with Crippen molar-refractivity contribution < 1.29 is 0 Å². The van der Waals surface area contributed by atoms with Crippen molar-refractivity contribution in [1.82, 2.24) is 0 Å². The lowest BCUT2D eigenvalue weighted by Gasteiger charge is -2.60. The molecule has 64 valence electrons. The summed E-state index contributed by atoms with van der Waals surface area (Å²) in [4.78, 5) is 0. The van der Waals surface area contributed by atoms with Crippen LogP contribution in [0, 0.1) is 23.2 Å². The number of fused-ring (bicyclic) bond motifs is 2. The summed E-state index contributed by atoms with van der Waals surface area (Å²) in [5.41, 5.74) is 0.707. The highest BCUT2D eigenvalue weighted by atomic mass is 14.6. The van der Waals surface area contributed by atoms with Gasteiger partial charge in [-0.1, -0.05) is 27.2 Å². The van der Waals surface area contributed by atoms with Crippen LogP contribution in [-0.2, 0) is 0 Å². The molecular weight excluding hydrogens is 132 g/mol. The van der Waals surface area contributed by atoms with Gasteiger partial charge in [-0.3, -0.25) is 0 Å². The average molecular weight is 152 g/mol. The Balaban J connectivity index is 2.10. The first kappa shape index (κ1) is 7.64. The van der Waals surface area contributed by atoms with Crippen molar-refractivity contribution in [2.24, 2.45) is 23.2 Å². The Bertz CT molecular complexity index is 155. The molecule has 0 heteroatoms. The Kier molecular flexibility index (Phi) is 1.56.